The molecule has 0 amide bonds. The minimum Gasteiger partial charge on any atom is -0.327 e. The summed E-state index contributed by atoms with van der Waals surface area (Å²) < 4.78 is 27.2. The molecule has 0 aromatic carbocycles. The van der Waals surface area contributed by atoms with Crippen LogP contribution >= 0.6 is 12.4 Å². The molecule has 1 unspecified atom stereocenters. The van der Waals surface area contributed by atoms with Crippen molar-refractivity contribution < 1.29 is 8.42 Å². The largest absolute Gasteiger partial charge is 0.327 e. The van der Waals surface area contributed by atoms with Crippen LogP contribution in [0.25, 0.3) is 0 Å². The van der Waals surface area contributed by atoms with Gasteiger partial charge in [-0.2, -0.15) is 17.4 Å². The first kappa shape index (κ1) is 19.5. The highest BCUT2D eigenvalue weighted by atomic mass is 35.5. The summed E-state index contributed by atoms with van der Waals surface area (Å²) in [6.07, 6.45) is 0.674. The van der Waals surface area contributed by atoms with Gasteiger partial charge in [0.25, 0.3) is 10.2 Å². The fraction of sp³-hybridized carbons (Fsp3) is 1.00. The van der Waals surface area contributed by atoms with Crippen molar-refractivity contribution in [3.63, 3.8) is 0 Å². The number of rotatable bonds is 7. The number of nitrogens with zero attached hydrogens (tertiary/aromatic N) is 1. The Kier molecular flexibility index (Phi) is 9.46. The van der Waals surface area contributed by atoms with Gasteiger partial charge in [0.2, 0.25) is 0 Å². The molecule has 1 atom stereocenters. The van der Waals surface area contributed by atoms with Crippen LogP contribution in [0.4, 0.5) is 0 Å². The summed E-state index contributed by atoms with van der Waals surface area (Å²) in [5.74, 6) is 0.370. The summed E-state index contributed by atoms with van der Waals surface area (Å²) in [6.45, 7) is 8.11. The van der Waals surface area contributed by atoms with E-state index in [0.29, 0.717) is 18.9 Å². The molecule has 0 aliphatic carbocycles. The van der Waals surface area contributed by atoms with Crippen LogP contribution < -0.4 is 10.5 Å². The lowest BCUT2D eigenvalue weighted by Gasteiger charge is -2.22. The van der Waals surface area contributed by atoms with Gasteiger partial charge in [-0.15, -0.1) is 12.4 Å². The van der Waals surface area contributed by atoms with Crippen LogP contribution in [0.15, 0.2) is 0 Å². The van der Waals surface area contributed by atoms with Crippen molar-refractivity contribution in [1.29, 1.82) is 0 Å². The lowest BCUT2D eigenvalue weighted by atomic mass is 10.0. The summed E-state index contributed by atoms with van der Waals surface area (Å²) in [4.78, 5) is 0. The van der Waals surface area contributed by atoms with Gasteiger partial charge in [-0.3, -0.25) is 0 Å². The Morgan fingerprint density at radius 2 is 1.71 bits per heavy atom. The van der Waals surface area contributed by atoms with Crippen LogP contribution in [0.2, 0.25) is 0 Å². The van der Waals surface area contributed by atoms with Crippen molar-refractivity contribution in [2.24, 2.45) is 11.7 Å². The maximum absolute atomic E-state index is 11.7. The Labute approximate surface area is 112 Å². The molecule has 3 N–H and O–H groups in total. The summed E-state index contributed by atoms with van der Waals surface area (Å²) in [5, 5.41) is 0. The van der Waals surface area contributed by atoms with Gasteiger partial charge in [-0.1, -0.05) is 13.8 Å². The fourth-order valence-corrected chi connectivity index (χ4v) is 2.29. The average Bonchev–Trinajstić information content (AvgIpc) is 2.10. The highest BCUT2D eigenvalue weighted by molar-refractivity contribution is 7.87. The van der Waals surface area contributed by atoms with Gasteiger partial charge in [-0.05, 0) is 26.2 Å². The van der Waals surface area contributed by atoms with Crippen LogP contribution in [0.5, 0.6) is 0 Å². The predicted octanol–water partition coefficient (Wildman–Crippen LogP) is 0.956. The second kappa shape index (κ2) is 8.26. The SMILES string of the molecule is CC(C)NS(=O)(=O)N(C)CCC(N)C(C)C.Cl. The minimum atomic E-state index is -3.35. The molecule has 5 nitrogen and oxygen atoms in total. The van der Waals surface area contributed by atoms with Gasteiger partial charge in [0, 0.05) is 25.7 Å². The van der Waals surface area contributed by atoms with E-state index in [1.54, 1.807) is 20.9 Å². The molecule has 0 fully saturated rings. The number of nitrogens with two attached hydrogens (primary N) is 1. The molecule has 0 bridgehead atoms. The van der Waals surface area contributed by atoms with Crippen molar-refractivity contribution >= 4 is 22.6 Å². The quantitative estimate of drug-likeness (QED) is 0.732. The first-order valence-electron chi connectivity index (χ1n) is 5.66. The standard InChI is InChI=1S/C10H25N3O2S.ClH/c1-8(2)10(11)6-7-13(5)16(14,15)12-9(3)4;/h8-10,12H,6-7,11H2,1-5H3;1H. The van der Waals surface area contributed by atoms with Crippen LogP contribution in [-0.2, 0) is 10.2 Å². The van der Waals surface area contributed by atoms with Gasteiger partial charge in [0.15, 0.2) is 0 Å². The Hall–Kier alpha value is 0.120. The zero-order valence-corrected chi connectivity index (χ0v) is 12.9. The number of halogens is 1. The molecule has 0 radical (unpaired) electrons. The molecule has 0 spiro atoms. The van der Waals surface area contributed by atoms with Crippen molar-refractivity contribution in [1.82, 2.24) is 9.03 Å². The van der Waals surface area contributed by atoms with Crippen molar-refractivity contribution in [3.05, 3.63) is 0 Å². The van der Waals surface area contributed by atoms with Crippen molar-refractivity contribution in [2.45, 2.75) is 46.2 Å². The normalized spacial score (nSPS) is 14.2. The average molecular weight is 288 g/mol. The Bertz CT molecular complexity index is 294. The molecule has 0 aliphatic heterocycles. The topological polar surface area (TPSA) is 75.4 Å². The first-order chi connectivity index (χ1) is 7.16. The summed E-state index contributed by atoms with van der Waals surface area (Å²) in [5.41, 5.74) is 5.87. The van der Waals surface area contributed by atoms with E-state index in [2.05, 4.69) is 4.72 Å². The van der Waals surface area contributed by atoms with E-state index >= 15 is 0 Å². The van der Waals surface area contributed by atoms with E-state index in [4.69, 9.17) is 5.73 Å². The molecule has 0 aromatic heterocycles. The second-order valence-electron chi connectivity index (χ2n) is 4.80. The third kappa shape index (κ3) is 7.94. The molecule has 0 saturated heterocycles. The summed E-state index contributed by atoms with van der Waals surface area (Å²) in [6, 6.07) is -0.0528. The van der Waals surface area contributed by atoms with Gasteiger partial charge in [-0.25, -0.2) is 0 Å². The Morgan fingerprint density at radius 3 is 2.06 bits per heavy atom. The molecule has 7 heteroatoms. The zero-order chi connectivity index (χ0) is 12.9. The second-order valence-corrected chi connectivity index (χ2v) is 6.60. The lowest BCUT2D eigenvalue weighted by Crippen LogP contribution is -2.43. The number of hydrogen-bond acceptors (Lipinski definition) is 3. The summed E-state index contributed by atoms with van der Waals surface area (Å²) >= 11 is 0. The van der Waals surface area contributed by atoms with Crippen LogP contribution in [0.3, 0.4) is 0 Å². The fourth-order valence-electron chi connectivity index (χ4n) is 1.17. The first-order valence-corrected chi connectivity index (χ1v) is 7.10. The van der Waals surface area contributed by atoms with E-state index in [1.165, 1.54) is 4.31 Å². The molecular weight excluding hydrogens is 262 g/mol. The van der Waals surface area contributed by atoms with Crippen molar-refractivity contribution in [2.75, 3.05) is 13.6 Å². The van der Waals surface area contributed by atoms with E-state index in [1.807, 2.05) is 13.8 Å². The Balaban J connectivity index is 0. The molecule has 17 heavy (non-hydrogen) atoms. The van der Waals surface area contributed by atoms with Gasteiger partial charge in [0.1, 0.15) is 0 Å². The van der Waals surface area contributed by atoms with Gasteiger partial charge in [0.05, 0.1) is 0 Å². The van der Waals surface area contributed by atoms with Gasteiger partial charge < -0.3 is 5.73 Å². The minimum absolute atomic E-state index is 0. The number of nitrogens with one attached hydrogen (secondary N) is 1. The number of hydrogen-bond donors (Lipinski definition) is 2. The Morgan fingerprint density at radius 1 is 1.24 bits per heavy atom. The van der Waals surface area contributed by atoms with Crippen molar-refractivity contribution in [3.8, 4) is 0 Å². The van der Waals surface area contributed by atoms with E-state index in [9.17, 15) is 8.42 Å². The lowest BCUT2D eigenvalue weighted by molar-refractivity contribution is 0.391. The predicted molar refractivity (Wildman–Crippen MR) is 74.5 cm³/mol. The molecule has 0 aliphatic rings. The molecule has 0 aromatic rings. The van der Waals surface area contributed by atoms with E-state index in [0.717, 1.165) is 0 Å². The zero-order valence-electron chi connectivity index (χ0n) is 11.3. The van der Waals surface area contributed by atoms with E-state index in [-0.39, 0.29) is 24.5 Å². The molecule has 0 saturated carbocycles. The maximum Gasteiger partial charge on any atom is 0.279 e. The third-order valence-corrected chi connectivity index (χ3v) is 4.20. The van der Waals surface area contributed by atoms with E-state index < -0.39 is 10.2 Å². The van der Waals surface area contributed by atoms with Crippen LogP contribution in [-0.4, -0.2) is 38.4 Å². The van der Waals surface area contributed by atoms with Gasteiger partial charge >= 0.3 is 0 Å². The molecule has 0 rings (SSSR count). The molecule has 106 valence electrons. The highest BCUT2D eigenvalue weighted by Gasteiger charge is 2.19. The highest BCUT2D eigenvalue weighted by Crippen LogP contribution is 2.05. The smallest absolute Gasteiger partial charge is 0.279 e. The molecule has 0 heterocycles. The summed E-state index contributed by atoms with van der Waals surface area (Å²) in [7, 11) is -1.79. The monoisotopic (exact) mass is 287 g/mol. The van der Waals surface area contributed by atoms with Crippen LogP contribution in [0.1, 0.15) is 34.1 Å². The third-order valence-electron chi connectivity index (χ3n) is 2.43. The maximum atomic E-state index is 11.7. The molecular formula is C10H26ClN3O2S. The van der Waals surface area contributed by atoms with Crippen LogP contribution in [0, 0.1) is 5.92 Å².